The molecule has 1 fully saturated rings. The number of allylic oxidation sites excluding steroid dienone is 2. The lowest BCUT2D eigenvalue weighted by molar-refractivity contribution is 0.414. The van der Waals surface area contributed by atoms with Gasteiger partial charge < -0.3 is 9.68 Å². The van der Waals surface area contributed by atoms with Crippen molar-refractivity contribution in [1.82, 2.24) is 4.98 Å². The second-order valence-electron chi connectivity index (χ2n) is 6.04. The molecule has 1 N–H and O–H groups in total. The number of fused-ring (bicyclic) bond motifs is 3. The maximum Gasteiger partial charge on any atom is 0.552 e. The Morgan fingerprint density at radius 3 is 2.90 bits per heavy atom. The molecule has 1 saturated carbocycles. The summed E-state index contributed by atoms with van der Waals surface area (Å²) < 4.78 is 5.57. The minimum atomic E-state index is -0.848. The molecular formula is C16H17BBrNO2. The maximum absolute atomic E-state index is 10.0. The number of rotatable bonds is 1. The third-order valence-electron chi connectivity index (χ3n) is 4.72. The van der Waals surface area contributed by atoms with Crippen LogP contribution in [0.5, 0.6) is 5.75 Å². The molecule has 4 rings (SSSR count). The molecule has 3 nitrogen and oxygen atoms in total. The summed E-state index contributed by atoms with van der Waals surface area (Å²) in [6.45, 7) is 0. The van der Waals surface area contributed by atoms with Crippen LogP contribution >= 0.6 is 15.9 Å². The molecule has 5 heteroatoms. The molecule has 0 amide bonds. The second kappa shape index (κ2) is 5.29. The number of nitrogens with zero attached hydrogens (tertiary/aromatic N) is 1. The average Bonchev–Trinajstić information content (AvgIpc) is 2.95. The molecule has 1 aromatic heterocycles. The van der Waals surface area contributed by atoms with Gasteiger partial charge in [-0.05, 0) is 43.1 Å². The summed E-state index contributed by atoms with van der Waals surface area (Å²) in [7, 11) is -0.848. The molecule has 0 radical (unpaired) electrons. The Labute approximate surface area is 133 Å². The quantitative estimate of drug-likeness (QED) is 0.626. The fourth-order valence-electron chi connectivity index (χ4n) is 3.67. The van der Waals surface area contributed by atoms with Crippen molar-refractivity contribution in [2.75, 3.05) is 0 Å². The van der Waals surface area contributed by atoms with Gasteiger partial charge in [-0.1, -0.05) is 28.1 Å². The SMILES string of the molecule is OB1C=C(C2CCC(Br)CC2)c2c(cnc3c2C=CC3)O1. The van der Waals surface area contributed by atoms with E-state index in [4.69, 9.17) is 4.65 Å². The molecule has 2 heterocycles. The van der Waals surface area contributed by atoms with Gasteiger partial charge in [-0.2, -0.15) is 0 Å². The van der Waals surface area contributed by atoms with Crippen LogP contribution in [0.15, 0.2) is 18.2 Å². The van der Waals surface area contributed by atoms with Crippen molar-refractivity contribution in [1.29, 1.82) is 0 Å². The standard InChI is InChI=1S/C16H17BBrNO2/c18-11-6-4-10(5-7-11)13-8-17(20)21-15-9-19-14-3-1-2-12(14)16(13)15/h1-2,8-11,20H,3-7H2. The van der Waals surface area contributed by atoms with Crippen molar-refractivity contribution in [3.63, 3.8) is 0 Å². The van der Waals surface area contributed by atoms with E-state index in [9.17, 15) is 5.02 Å². The zero-order valence-corrected chi connectivity index (χ0v) is 13.3. The van der Waals surface area contributed by atoms with Crippen molar-refractivity contribution < 1.29 is 9.68 Å². The van der Waals surface area contributed by atoms with Gasteiger partial charge in [0, 0.05) is 22.4 Å². The van der Waals surface area contributed by atoms with E-state index in [0.717, 1.165) is 36.3 Å². The lowest BCUT2D eigenvalue weighted by Gasteiger charge is -2.31. The summed E-state index contributed by atoms with van der Waals surface area (Å²) in [6.07, 6.45) is 11.7. The van der Waals surface area contributed by atoms with Gasteiger partial charge in [-0.15, -0.1) is 0 Å². The van der Waals surface area contributed by atoms with Gasteiger partial charge in [0.1, 0.15) is 5.75 Å². The van der Waals surface area contributed by atoms with Crippen molar-refractivity contribution in [2.45, 2.75) is 36.9 Å². The molecule has 2 aliphatic carbocycles. The zero-order valence-electron chi connectivity index (χ0n) is 11.8. The second-order valence-corrected chi connectivity index (χ2v) is 7.34. The molecule has 0 bridgehead atoms. The van der Waals surface area contributed by atoms with E-state index < -0.39 is 7.12 Å². The minimum Gasteiger partial charge on any atom is -0.531 e. The Hall–Kier alpha value is -1.07. The van der Waals surface area contributed by atoms with E-state index >= 15 is 0 Å². The lowest BCUT2D eigenvalue weighted by Crippen LogP contribution is -2.27. The highest BCUT2D eigenvalue weighted by Gasteiger charge is 2.33. The number of hydrogen-bond donors (Lipinski definition) is 1. The summed E-state index contributed by atoms with van der Waals surface area (Å²) in [5.41, 5.74) is 4.73. The van der Waals surface area contributed by atoms with E-state index in [0.29, 0.717) is 10.7 Å². The monoisotopic (exact) mass is 345 g/mol. The lowest BCUT2D eigenvalue weighted by atomic mass is 9.72. The van der Waals surface area contributed by atoms with Crippen LogP contribution in [0.4, 0.5) is 0 Å². The largest absolute Gasteiger partial charge is 0.552 e. The molecule has 0 unspecified atom stereocenters. The van der Waals surface area contributed by atoms with Crippen molar-refractivity contribution in [3.05, 3.63) is 35.1 Å². The number of pyridine rings is 1. The van der Waals surface area contributed by atoms with Gasteiger partial charge in [-0.3, -0.25) is 4.98 Å². The van der Waals surface area contributed by atoms with Crippen LogP contribution in [-0.4, -0.2) is 22.0 Å². The molecular weight excluding hydrogens is 329 g/mol. The first-order chi connectivity index (χ1) is 10.2. The molecule has 0 spiro atoms. The van der Waals surface area contributed by atoms with E-state index in [1.165, 1.54) is 24.0 Å². The normalized spacial score (nSPS) is 27.0. The third-order valence-corrected chi connectivity index (χ3v) is 5.63. The van der Waals surface area contributed by atoms with Crippen LogP contribution in [0.25, 0.3) is 11.6 Å². The predicted molar refractivity (Wildman–Crippen MR) is 88.2 cm³/mol. The number of hydrogen-bond acceptors (Lipinski definition) is 3. The first-order valence-corrected chi connectivity index (χ1v) is 8.53. The minimum absolute atomic E-state index is 0.511. The summed E-state index contributed by atoms with van der Waals surface area (Å²) in [5, 5.41) is 10.0. The molecule has 1 aliphatic heterocycles. The molecule has 0 aromatic carbocycles. The van der Waals surface area contributed by atoms with Crippen LogP contribution < -0.4 is 4.65 Å². The van der Waals surface area contributed by atoms with Gasteiger partial charge in [0.05, 0.1) is 11.9 Å². The summed E-state index contributed by atoms with van der Waals surface area (Å²) >= 11 is 3.72. The van der Waals surface area contributed by atoms with Crippen LogP contribution in [0, 0.1) is 5.92 Å². The highest BCUT2D eigenvalue weighted by atomic mass is 79.9. The van der Waals surface area contributed by atoms with Gasteiger partial charge in [0.2, 0.25) is 0 Å². The number of halogens is 1. The Bertz CT molecular complexity index is 635. The van der Waals surface area contributed by atoms with Gasteiger partial charge >= 0.3 is 7.12 Å². The molecule has 0 atom stereocenters. The van der Waals surface area contributed by atoms with E-state index in [1.54, 1.807) is 6.20 Å². The summed E-state index contributed by atoms with van der Waals surface area (Å²) in [6, 6.07) is 0. The van der Waals surface area contributed by atoms with Crippen LogP contribution in [0.3, 0.4) is 0 Å². The highest BCUT2D eigenvalue weighted by molar-refractivity contribution is 9.09. The van der Waals surface area contributed by atoms with Crippen LogP contribution in [-0.2, 0) is 6.42 Å². The predicted octanol–water partition coefficient (Wildman–Crippen LogP) is 3.40. The number of aromatic nitrogens is 1. The topological polar surface area (TPSA) is 42.4 Å². The maximum atomic E-state index is 10.0. The van der Waals surface area contributed by atoms with Crippen molar-refractivity contribution in [3.8, 4) is 5.75 Å². The molecule has 108 valence electrons. The van der Waals surface area contributed by atoms with Gasteiger partial charge in [-0.25, -0.2) is 0 Å². The van der Waals surface area contributed by atoms with E-state index in [1.807, 2.05) is 5.98 Å². The summed E-state index contributed by atoms with van der Waals surface area (Å²) in [5.74, 6) is 3.14. The Kier molecular flexibility index (Phi) is 3.42. The van der Waals surface area contributed by atoms with Crippen molar-refractivity contribution >= 4 is 34.7 Å². The summed E-state index contributed by atoms with van der Waals surface area (Å²) in [4.78, 5) is 5.11. The van der Waals surface area contributed by atoms with Crippen molar-refractivity contribution in [2.24, 2.45) is 5.92 Å². The van der Waals surface area contributed by atoms with Gasteiger partial charge in [0.25, 0.3) is 0 Å². The Balaban J connectivity index is 1.78. The smallest absolute Gasteiger partial charge is 0.531 e. The van der Waals surface area contributed by atoms with Gasteiger partial charge in [0.15, 0.2) is 0 Å². The first kappa shape index (κ1) is 13.6. The zero-order chi connectivity index (χ0) is 14.4. The first-order valence-electron chi connectivity index (χ1n) is 7.61. The fraction of sp³-hybridized carbons (Fsp3) is 0.438. The fourth-order valence-corrected chi connectivity index (χ4v) is 4.20. The van der Waals surface area contributed by atoms with E-state index in [-0.39, 0.29) is 0 Å². The van der Waals surface area contributed by atoms with Crippen LogP contribution in [0.2, 0.25) is 0 Å². The molecule has 1 aromatic rings. The average molecular weight is 346 g/mol. The molecule has 21 heavy (non-hydrogen) atoms. The molecule has 3 aliphatic rings. The molecule has 0 saturated heterocycles. The highest BCUT2D eigenvalue weighted by Crippen LogP contribution is 2.45. The Morgan fingerprint density at radius 2 is 2.10 bits per heavy atom. The van der Waals surface area contributed by atoms with E-state index in [2.05, 4.69) is 33.1 Å². The third kappa shape index (κ3) is 2.36. The Morgan fingerprint density at radius 1 is 1.29 bits per heavy atom. The number of alkyl halides is 1. The van der Waals surface area contributed by atoms with Crippen LogP contribution in [0.1, 0.15) is 42.5 Å².